The van der Waals surface area contributed by atoms with Gasteiger partial charge in [0.15, 0.2) is 0 Å². The van der Waals surface area contributed by atoms with Gasteiger partial charge in [0.2, 0.25) is 0 Å². The summed E-state index contributed by atoms with van der Waals surface area (Å²) in [6.45, 7) is 2.94. The van der Waals surface area contributed by atoms with Gasteiger partial charge >= 0.3 is 5.97 Å². The summed E-state index contributed by atoms with van der Waals surface area (Å²) in [5.41, 5.74) is 1.30. The molecule has 1 aromatic carbocycles. The van der Waals surface area contributed by atoms with Crippen molar-refractivity contribution in [2.45, 2.75) is 70.8 Å². The summed E-state index contributed by atoms with van der Waals surface area (Å²) in [5, 5.41) is 11.8. The van der Waals surface area contributed by atoms with E-state index in [-0.39, 0.29) is 0 Å². The molecule has 0 heterocycles. The number of benzene rings is 1. The molecule has 24 heavy (non-hydrogen) atoms. The molecule has 0 spiro atoms. The van der Waals surface area contributed by atoms with E-state index in [1.807, 2.05) is 13.1 Å². The second-order valence-corrected chi connectivity index (χ2v) is 6.51. The van der Waals surface area contributed by atoms with Crippen LogP contribution in [0.4, 0.5) is 0 Å². The summed E-state index contributed by atoms with van der Waals surface area (Å²) in [5.74, 6) is 0.279. The lowest BCUT2D eigenvalue weighted by atomic mass is 10.1. The van der Waals surface area contributed by atoms with Gasteiger partial charge in [-0.1, -0.05) is 44.2 Å². The molecule has 0 saturated carbocycles. The Morgan fingerprint density at radius 2 is 1.79 bits per heavy atom. The average Bonchev–Trinajstić information content (AvgIpc) is 2.56. The van der Waals surface area contributed by atoms with E-state index in [4.69, 9.17) is 9.84 Å². The van der Waals surface area contributed by atoms with Gasteiger partial charge < -0.3 is 15.2 Å². The first-order chi connectivity index (χ1) is 11.6. The lowest BCUT2D eigenvalue weighted by Gasteiger charge is -2.12. The summed E-state index contributed by atoms with van der Waals surface area (Å²) in [4.78, 5) is 10.4. The second-order valence-electron chi connectivity index (χ2n) is 6.51. The van der Waals surface area contributed by atoms with Gasteiger partial charge in [-0.05, 0) is 50.9 Å². The van der Waals surface area contributed by atoms with Crippen LogP contribution in [0.2, 0.25) is 0 Å². The molecular weight excluding hydrogens is 302 g/mol. The Kier molecular flexibility index (Phi) is 10.9. The number of hydrogen-bond acceptors (Lipinski definition) is 3. The number of carbonyl (C=O) groups is 1. The molecule has 0 aromatic heterocycles. The lowest BCUT2D eigenvalue weighted by Crippen LogP contribution is -2.23. The smallest absolute Gasteiger partial charge is 0.303 e. The van der Waals surface area contributed by atoms with Gasteiger partial charge in [0.25, 0.3) is 0 Å². The van der Waals surface area contributed by atoms with Crippen LogP contribution in [0.25, 0.3) is 0 Å². The van der Waals surface area contributed by atoms with Gasteiger partial charge in [-0.15, -0.1) is 0 Å². The van der Waals surface area contributed by atoms with Crippen molar-refractivity contribution < 1.29 is 14.6 Å². The van der Waals surface area contributed by atoms with Crippen molar-refractivity contribution in [3.63, 3.8) is 0 Å². The number of carboxylic acids is 1. The Morgan fingerprint density at radius 3 is 2.46 bits per heavy atom. The van der Waals surface area contributed by atoms with E-state index >= 15 is 0 Å². The third kappa shape index (κ3) is 10.3. The first kappa shape index (κ1) is 20.5. The minimum atomic E-state index is -0.684. The SMILES string of the molecule is CN[C@H](C)Cc1cccc(OCCCCCCCCCC(=O)O)c1. The van der Waals surface area contributed by atoms with E-state index in [9.17, 15) is 4.79 Å². The normalized spacial score (nSPS) is 12.1. The van der Waals surface area contributed by atoms with Crippen molar-refractivity contribution in [3.8, 4) is 5.75 Å². The van der Waals surface area contributed by atoms with E-state index in [1.54, 1.807) is 0 Å². The lowest BCUT2D eigenvalue weighted by molar-refractivity contribution is -0.137. The Balaban J connectivity index is 2.05. The molecule has 0 aliphatic carbocycles. The van der Waals surface area contributed by atoms with E-state index < -0.39 is 5.97 Å². The van der Waals surface area contributed by atoms with Gasteiger partial charge in [0.1, 0.15) is 5.75 Å². The van der Waals surface area contributed by atoms with E-state index in [0.717, 1.165) is 44.5 Å². The molecule has 136 valence electrons. The predicted octanol–water partition coefficient (Wildman–Crippen LogP) is 4.42. The Bertz CT molecular complexity index is 462. The molecule has 0 unspecified atom stereocenters. The Morgan fingerprint density at radius 1 is 1.12 bits per heavy atom. The fourth-order valence-corrected chi connectivity index (χ4v) is 2.67. The highest BCUT2D eigenvalue weighted by molar-refractivity contribution is 5.66. The number of carboxylic acid groups (broad SMARTS) is 1. The third-order valence-electron chi connectivity index (χ3n) is 4.24. The molecule has 1 atom stereocenters. The Hall–Kier alpha value is -1.55. The highest BCUT2D eigenvalue weighted by Crippen LogP contribution is 2.16. The summed E-state index contributed by atoms with van der Waals surface area (Å²) < 4.78 is 5.85. The largest absolute Gasteiger partial charge is 0.494 e. The number of nitrogens with one attached hydrogen (secondary N) is 1. The van der Waals surface area contributed by atoms with Crippen molar-refractivity contribution in [2.24, 2.45) is 0 Å². The van der Waals surface area contributed by atoms with Crippen LogP contribution in [0.5, 0.6) is 5.75 Å². The quantitative estimate of drug-likeness (QED) is 0.494. The molecule has 2 N–H and O–H groups in total. The van der Waals surface area contributed by atoms with Crippen molar-refractivity contribution in [3.05, 3.63) is 29.8 Å². The minimum absolute atomic E-state index is 0.306. The van der Waals surface area contributed by atoms with Crippen molar-refractivity contribution in [2.75, 3.05) is 13.7 Å². The van der Waals surface area contributed by atoms with Crippen molar-refractivity contribution in [1.29, 1.82) is 0 Å². The monoisotopic (exact) mass is 335 g/mol. The zero-order valence-corrected chi connectivity index (χ0v) is 15.2. The molecule has 0 aliphatic rings. The van der Waals surface area contributed by atoms with Crippen molar-refractivity contribution >= 4 is 5.97 Å². The molecule has 0 aliphatic heterocycles. The standard InChI is InChI=1S/C20H33NO3/c1-17(21-2)15-18-11-10-12-19(16-18)24-14-9-7-5-3-4-6-8-13-20(22)23/h10-12,16-17,21H,3-9,13-15H2,1-2H3,(H,22,23)/t17-/m1/s1. The Labute approximate surface area is 146 Å². The minimum Gasteiger partial charge on any atom is -0.494 e. The van der Waals surface area contributed by atoms with Crippen LogP contribution >= 0.6 is 0 Å². The maximum absolute atomic E-state index is 10.4. The first-order valence-electron chi connectivity index (χ1n) is 9.22. The predicted molar refractivity (Wildman–Crippen MR) is 98.7 cm³/mol. The maximum atomic E-state index is 10.4. The van der Waals surface area contributed by atoms with Crippen LogP contribution in [0.1, 0.15) is 63.9 Å². The molecule has 0 amide bonds. The van der Waals surface area contributed by atoms with Gasteiger partial charge in [-0.3, -0.25) is 4.79 Å². The van der Waals surface area contributed by atoms with Crippen LogP contribution in [0, 0.1) is 0 Å². The molecule has 1 rings (SSSR count). The number of likely N-dealkylation sites (N-methyl/N-ethyl adjacent to an activating group) is 1. The van der Waals surface area contributed by atoms with E-state index in [0.29, 0.717) is 12.5 Å². The van der Waals surface area contributed by atoms with Crippen LogP contribution in [-0.4, -0.2) is 30.8 Å². The van der Waals surface area contributed by atoms with Crippen LogP contribution in [0.15, 0.2) is 24.3 Å². The summed E-state index contributed by atoms with van der Waals surface area (Å²) in [6.07, 6.45) is 8.94. The molecular formula is C20H33NO3. The zero-order chi connectivity index (χ0) is 17.6. The molecule has 0 saturated heterocycles. The first-order valence-corrected chi connectivity index (χ1v) is 9.22. The maximum Gasteiger partial charge on any atom is 0.303 e. The average molecular weight is 335 g/mol. The fourth-order valence-electron chi connectivity index (χ4n) is 2.67. The molecule has 0 bridgehead atoms. The fraction of sp³-hybridized carbons (Fsp3) is 0.650. The van der Waals surface area contributed by atoms with Gasteiger partial charge in [-0.25, -0.2) is 0 Å². The summed E-state index contributed by atoms with van der Waals surface area (Å²) in [6, 6.07) is 8.83. The van der Waals surface area contributed by atoms with Crippen LogP contribution in [0.3, 0.4) is 0 Å². The van der Waals surface area contributed by atoms with Crippen LogP contribution in [-0.2, 0) is 11.2 Å². The summed E-state index contributed by atoms with van der Waals surface area (Å²) in [7, 11) is 1.98. The number of aliphatic carboxylic acids is 1. The highest BCUT2D eigenvalue weighted by Gasteiger charge is 2.02. The van der Waals surface area contributed by atoms with E-state index in [1.165, 1.54) is 24.8 Å². The van der Waals surface area contributed by atoms with E-state index in [2.05, 4.69) is 30.4 Å². The third-order valence-corrected chi connectivity index (χ3v) is 4.24. The molecule has 4 heteroatoms. The molecule has 1 aromatic rings. The number of ether oxygens (including phenoxy) is 1. The number of hydrogen-bond donors (Lipinski definition) is 2. The zero-order valence-electron chi connectivity index (χ0n) is 15.2. The molecule has 0 fully saturated rings. The van der Waals surface area contributed by atoms with Crippen LogP contribution < -0.4 is 10.1 Å². The molecule has 0 radical (unpaired) electrons. The number of rotatable bonds is 14. The van der Waals surface area contributed by atoms with Gasteiger partial charge in [-0.2, -0.15) is 0 Å². The molecule has 4 nitrogen and oxygen atoms in total. The second kappa shape index (κ2) is 12.8. The summed E-state index contributed by atoms with van der Waals surface area (Å²) >= 11 is 0. The topological polar surface area (TPSA) is 58.6 Å². The van der Waals surface area contributed by atoms with Crippen molar-refractivity contribution in [1.82, 2.24) is 5.32 Å². The van der Waals surface area contributed by atoms with Gasteiger partial charge in [0, 0.05) is 12.5 Å². The van der Waals surface area contributed by atoms with Gasteiger partial charge in [0.05, 0.1) is 6.61 Å². The highest BCUT2D eigenvalue weighted by atomic mass is 16.5. The number of unbranched alkanes of at least 4 members (excludes halogenated alkanes) is 6.